The molecule has 1 heterocycles. The van der Waals surface area contributed by atoms with E-state index in [2.05, 4.69) is 37.7 Å². The van der Waals surface area contributed by atoms with Gasteiger partial charge in [-0.3, -0.25) is 4.79 Å². The van der Waals surface area contributed by atoms with Crippen molar-refractivity contribution in [2.45, 2.75) is 99.5 Å². The molecule has 4 nitrogen and oxygen atoms in total. The number of aryl methyl sites for hydroxylation is 1. The number of benzene rings is 2. The second-order valence-corrected chi connectivity index (χ2v) is 9.30. The molecule has 1 aromatic heterocycles. The van der Waals surface area contributed by atoms with Gasteiger partial charge in [-0.2, -0.15) is 0 Å². The Morgan fingerprint density at radius 1 is 0.946 bits per heavy atom. The van der Waals surface area contributed by atoms with Gasteiger partial charge in [0.1, 0.15) is 17.5 Å². The highest BCUT2D eigenvalue weighted by molar-refractivity contribution is 5.80. The van der Waals surface area contributed by atoms with E-state index in [0.29, 0.717) is 34.4 Å². The number of carbonyl (C=O) groups excluding carboxylic acids is 1. The number of aromatic nitrogens is 2. The van der Waals surface area contributed by atoms with E-state index in [4.69, 9.17) is 0 Å². The van der Waals surface area contributed by atoms with Gasteiger partial charge in [-0.25, -0.2) is 13.8 Å². The Kier molecular flexibility index (Phi) is 14.7. The maximum Gasteiger partial charge on any atom is 0.225 e. The lowest BCUT2D eigenvalue weighted by molar-refractivity contribution is -0.137. The van der Waals surface area contributed by atoms with Crippen LogP contribution >= 0.6 is 0 Å². The lowest BCUT2D eigenvalue weighted by Gasteiger charge is -2.30. The molecule has 1 N–H and O–H groups in total. The first-order chi connectivity index (χ1) is 17.7. The Hall–Kier alpha value is -2.76. The number of halogens is 2. The molecule has 1 atom stereocenters. The van der Waals surface area contributed by atoms with Crippen LogP contribution in [0.25, 0.3) is 22.4 Å². The van der Waals surface area contributed by atoms with E-state index in [1.807, 2.05) is 32.7 Å². The van der Waals surface area contributed by atoms with Gasteiger partial charge in [0.25, 0.3) is 0 Å². The fraction of sp³-hybridized carbons (Fsp3) is 0.548. The van der Waals surface area contributed by atoms with Crippen molar-refractivity contribution >= 4 is 16.9 Å². The van der Waals surface area contributed by atoms with Gasteiger partial charge in [0, 0.05) is 19.0 Å². The summed E-state index contributed by atoms with van der Waals surface area (Å²) < 4.78 is 26.8. The average molecular weight is 516 g/mol. The van der Waals surface area contributed by atoms with Crippen LogP contribution in [0.2, 0.25) is 0 Å². The summed E-state index contributed by atoms with van der Waals surface area (Å²) in [4.78, 5) is 21.6. The van der Waals surface area contributed by atoms with E-state index < -0.39 is 0 Å². The Morgan fingerprint density at radius 3 is 2.14 bits per heavy atom. The van der Waals surface area contributed by atoms with Gasteiger partial charge >= 0.3 is 0 Å². The van der Waals surface area contributed by atoms with Crippen molar-refractivity contribution in [1.29, 1.82) is 0 Å². The minimum absolute atomic E-state index is 0.251. The summed E-state index contributed by atoms with van der Waals surface area (Å²) in [5.41, 5.74) is 2.52. The summed E-state index contributed by atoms with van der Waals surface area (Å²) in [6.45, 7) is 14.6. The predicted molar refractivity (Wildman–Crippen MR) is 153 cm³/mol. The topological polar surface area (TPSA) is 49.0 Å². The normalized spacial score (nSPS) is 11.4. The minimum atomic E-state index is -0.347. The standard InChI is InChI=1S/C15H31NO.C14H10F2N2.C2H6/c1-6-10-13(11-7-2)15(17)16(5)14(9-4)12-8-3;1-8-2-4-11(16)10(6-8)14-17-12-5-3-9(15)7-13(12)18-14;1-2/h13-14H,6-12H2,1-5H3;2-7H,1H3,(H,17,18);1-2H3. The summed E-state index contributed by atoms with van der Waals surface area (Å²) in [7, 11) is 1.99. The third-order valence-electron chi connectivity index (χ3n) is 6.43. The predicted octanol–water partition coefficient (Wildman–Crippen LogP) is 9.08. The highest BCUT2D eigenvalue weighted by atomic mass is 19.1. The molecule has 0 bridgehead atoms. The molecular formula is C31H47F2N3O. The van der Waals surface area contributed by atoms with Crippen LogP contribution in [0.4, 0.5) is 8.78 Å². The number of imidazole rings is 1. The Morgan fingerprint density at radius 2 is 1.57 bits per heavy atom. The molecule has 37 heavy (non-hydrogen) atoms. The van der Waals surface area contributed by atoms with Gasteiger partial charge < -0.3 is 9.88 Å². The molecule has 1 unspecified atom stereocenters. The first-order valence-electron chi connectivity index (χ1n) is 13.9. The molecule has 0 saturated heterocycles. The lowest BCUT2D eigenvalue weighted by atomic mass is 9.95. The molecule has 0 fully saturated rings. The zero-order valence-electron chi connectivity index (χ0n) is 24.1. The summed E-state index contributed by atoms with van der Waals surface area (Å²) in [5, 5.41) is 0. The summed E-state index contributed by atoms with van der Waals surface area (Å²) in [5.74, 6) is 0.342. The summed E-state index contributed by atoms with van der Waals surface area (Å²) in [6, 6.07) is 9.49. The zero-order chi connectivity index (χ0) is 28.0. The van der Waals surface area contributed by atoms with Crippen LogP contribution in [0.3, 0.4) is 0 Å². The van der Waals surface area contributed by atoms with Crippen molar-refractivity contribution < 1.29 is 13.6 Å². The van der Waals surface area contributed by atoms with Gasteiger partial charge in [0.05, 0.1) is 16.6 Å². The number of fused-ring (bicyclic) bond motifs is 1. The molecule has 1 amide bonds. The van der Waals surface area contributed by atoms with Crippen LogP contribution < -0.4 is 0 Å². The third-order valence-corrected chi connectivity index (χ3v) is 6.43. The minimum Gasteiger partial charge on any atom is -0.343 e. The van der Waals surface area contributed by atoms with Crippen molar-refractivity contribution in [3.05, 3.63) is 53.6 Å². The monoisotopic (exact) mass is 515 g/mol. The van der Waals surface area contributed by atoms with Crippen molar-refractivity contribution in [3.8, 4) is 11.4 Å². The van der Waals surface area contributed by atoms with Crippen molar-refractivity contribution in [3.63, 3.8) is 0 Å². The van der Waals surface area contributed by atoms with Gasteiger partial charge in [0.2, 0.25) is 5.91 Å². The molecule has 206 valence electrons. The molecule has 0 aliphatic heterocycles. The SMILES string of the molecule is CC.CCCC(CCC)C(=O)N(C)C(CC)CCC.Cc1ccc(F)c(-c2nc3ccc(F)cc3[nH]2)c1. The van der Waals surface area contributed by atoms with Crippen molar-refractivity contribution in [2.24, 2.45) is 5.92 Å². The lowest BCUT2D eigenvalue weighted by Crippen LogP contribution is -2.40. The van der Waals surface area contributed by atoms with Gasteiger partial charge in [0.15, 0.2) is 0 Å². The van der Waals surface area contributed by atoms with Crippen LogP contribution in [0.5, 0.6) is 0 Å². The fourth-order valence-corrected chi connectivity index (χ4v) is 4.49. The number of nitrogens with zero attached hydrogens (tertiary/aromatic N) is 2. The summed E-state index contributed by atoms with van der Waals surface area (Å²) in [6.07, 6.45) is 7.65. The van der Waals surface area contributed by atoms with Gasteiger partial charge in [-0.05, 0) is 62.9 Å². The van der Waals surface area contributed by atoms with E-state index in [1.165, 1.54) is 18.2 Å². The van der Waals surface area contributed by atoms with Crippen LogP contribution in [0.15, 0.2) is 36.4 Å². The summed E-state index contributed by atoms with van der Waals surface area (Å²) >= 11 is 0. The number of hydrogen-bond donors (Lipinski definition) is 1. The number of rotatable bonds is 10. The smallest absolute Gasteiger partial charge is 0.225 e. The third kappa shape index (κ3) is 9.56. The Bertz CT molecular complexity index is 1070. The van der Waals surface area contributed by atoms with Gasteiger partial charge in [-0.1, -0.05) is 72.4 Å². The second-order valence-electron chi connectivity index (χ2n) is 9.30. The highest BCUT2D eigenvalue weighted by Gasteiger charge is 2.24. The first kappa shape index (κ1) is 32.3. The molecule has 0 aliphatic carbocycles. The van der Waals surface area contributed by atoms with Crippen LogP contribution in [-0.4, -0.2) is 33.9 Å². The van der Waals surface area contributed by atoms with Crippen LogP contribution in [0.1, 0.15) is 92.1 Å². The Balaban J connectivity index is 0.000000348. The average Bonchev–Trinajstić information content (AvgIpc) is 3.32. The number of hydrogen-bond acceptors (Lipinski definition) is 2. The van der Waals surface area contributed by atoms with E-state index in [1.54, 1.807) is 18.2 Å². The van der Waals surface area contributed by atoms with E-state index in [-0.39, 0.29) is 17.6 Å². The van der Waals surface area contributed by atoms with E-state index in [9.17, 15) is 13.6 Å². The van der Waals surface area contributed by atoms with E-state index in [0.717, 1.165) is 50.5 Å². The Labute approximate surface area is 222 Å². The largest absolute Gasteiger partial charge is 0.343 e. The van der Waals surface area contributed by atoms with Crippen molar-refractivity contribution in [1.82, 2.24) is 14.9 Å². The van der Waals surface area contributed by atoms with Crippen molar-refractivity contribution in [2.75, 3.05) is 7.05 Å². The number of aromatic amines is 1. The molecule has 6 heteroatoms. The molecule has 0 aliphatic rings. The first-order valence-corrected chi connectivity index (χ1v) is 13.9. The highest BCUT2D eigenvalue weighted by Crippen LogP contribution is 2.24. The molecule has 0 spiro atoms. The zero-order valence-corrected chi connectivity index (χ0v) is 24.1. The molecule has 0 radical (unpaired) electrons. The van der Waals surface area contributed by atoms with E-state index >= 15 is 0 Å². The maximum absolute atomic E-state index is 13.7. The quantitative estimate of drug-likeness (QED) is 0.293. The number of nitrogens with one attached hydrogen (secondary N) is 1. The molecule has 0 saturated carbocycles. The molecular weight excluding hydrogens is 468 g/mol. The second kappa shape index (κ2) is 16.9. The maximum atomic E-state index is 13.7. The number of amides is 1. The van der Waals surface area contributed by atoms with Gasteiger partial charge in [-0.15, -0.1) is 0 Å². The van der Waals surface area contributed by atoms with Crippen LogP contribution in [-0.2, 0) is 4.79 Å². The number of H-pyrrole nitrogens is 1. The molecule has 2 aromatic carbocycles. The molecule has 3 rings (SSSR count). The molecule has 3 aromatic rings. The van der Waals surface area contributed by atoms with Crippen LogP contribution in [0, 0.1) is 24.5 Å². The fourth-order valence-electron chi connectivity index (χ4n) is 4.49. The number of carbonyl (C=O) groups is 1.